The van der Waals surface area contributed by atoms with Gasteiger partial charge in [0, 0.05) is 32.2 Å². The summed E-state index contributed by atoms with van der Waals surface area (Å²) in [4.78, 5) is 23.2. The average molecular weight is 1100 g/mol. The molecule has 25 heteroatoms. The topological polar surface area (TPSA) is 364 Å². The van der Waals surface area contributed by atoms with Crippen molar-refractivity contribution in [3.05, 3.63) is 143 Å². The number of rotatable bonds is 21. The van der Waals surface area contributed by atoms with Gasteiger partial charge < -0.3 is 55.9 Å². The number of benzene rings is 4. The van der Waals surface area contributed by atoms with Gasteiger partial charge in [-0.1, -0.05) is 109 Å². The second-order valence-electron chi connectivity index (χ2n) is 19.0. The number of aromatic carboxylic acids is 1. The summed E-state index contributed by atoms with van der Waals surface area (Å²) < 4.78 is 76.3. The van der Waals surface area contributed by atoms with Gasteiger partial charge in [0.15, 0.2) is 22.8 Å². The lowest BCUT2D eigenvalue weighted by Crippen LogP contribution is -2.51. The quantitative estimate of drug-likeness (QED) is 0.0472. The Balaban J connectivity index is 0.000000218. The average Bonchev–Trinajstić information content (AvgIpc) is 4.22. The van der Waals surface area contributed by atoms with Crippen molar-refractivity contribution in [2.75, 3.05) is 37.6 Å². The highest BCUT2D eigenvalue weighted by Crippen LogP contribution is 2.28. The molecular weight excluding hydrogens is 1040 g/mol. The third-order valence-electron chi connectivity index (χ3n) is 12.0. The second-order valence-corrected chi connectivity index (χ2v) is 22.9. The van der Waals surface area contributed by atoms with Gasteiger partial charge in [-0.25, -0.2) is 21.6 Å². The highest BCUT2D eigenvalue weighted by atomic mass is 32.2. The minimum atomic E-state index is -4.05. The number of carbonyl (C=O) groups is 2. The van der Waals surface area contributed by atoms with Crippen molar-refractivity contribution in [2.24, 2.45) is 17.6 Å². The van der Waals surface area contributed by atoms with Crippen LogP contribution in [-0.4, -0.2) is 124 Å². The summed E-state index contributed by atoms with van der Waals surface area (Å²) in [6.45, 7) is 10.8. The molecule has 4 heterocycles. The molecule has 10 N–H and O–H groups in total. The number of anilines is 2. The van der Waals surface area contributed by atoms with Gasteiger partial charge in [-0.05, 0) is 86.1 Å². The van der Waals surface area contributed by atoms with E-state index in [9.17, 15) is 36.6 Å². The van der Waals surface area contributed by atoms with Gasteiger partial charge >= 0.3 is 5.97 Å². The van der Waals surface area contributed by atoms with Crippen LogP contribution in [0.15, 0.2) is 137 Å². The lowest BCUT2D eigenvalue weighted by Gasteiger charge is -2.30. The molecule has 0 spiro atoms. The number of aryl methyl sites for hydroxylation is 2. The maximum absolute atomic E-state index is 13.7. The molecule has 23 nitrogen and oxygen atoms in total. The zero-order valence-corrected chi connectivity index (χ0v) is 44.9. The van der Waals surface area contributed by atoms with Crippen LogP contribution in [0.3, 0.4) is 0 Å². The largest absolute Gasteiger partial charge is 0.478 e. The molecule has 412 valence electrons. The number of carbonyl (C=O) groups excluding carboxylic acids is 1. The maximum atomic E-state index is 13.7. The first kappa shape index (κ1) is 58.7. The number of carboxylic acid groups (broad SMARTS) is 1. The first-order valence-corrected chi connectivity index (χ1v) is 27.2. The lowest BCUT2D eigenvalue weighted by molar-refractivity contribution is 0.0694. The van der Waals surface area contributed by atoms with Gasteiger partial charge in [-0.3, -0.25) is 4.79 Å². The molecule has 0 aliphatic heterocycles. The molecule has 4 aromatic heterocycles. The molecule has 8 rings (SSSR count). The van der Waals surface area contributed by atoms with Crippen LogP contribution in [-0.2, 0) is 32.9 Å². The number of nitrogen functional groups attached to an aromatic ring is 2. The number of hydrogen-bond donors (Lipinski definition) is 7. The number of nitrogens with two attached hydrogens (primary N) is 3. The van der Waals surface area contributed by atoms with Gasteiger partial charge in [0.1, 0.15) is 22.6 Å². The molecule has 0 aliphatic carbocycles. The Hall–Kier alpha value is -7.52. The SMILES string of the molecule is CC(C)CN(C[C@@H](O)[C@@H](N)Cc1ccccc1)S(=O)(=O)c1ccc2onc(N)c2c1.Cc1oncc1C(=O)N[C@@H](Cc1ccccc1)[C@H](O)CN(CC(C)C)S(=O)(=O)c1ccc2onc(N)c2c1.Cc1oncc1C(=O)O. The Bertz CT molecular complexity index is 3440. The Morgan fingerprint density at radius 1 is 0.610 bits per heavy atom. The van der Waals surface area contributed by atoms with Gasteiger partial charge in [-0.2, -0.15) is 8.61 Å². The number of hydrogen-bond acceptors (Lipinski definition) is 19. The highest BCUT2D eigenvalue weighted by Gasteiger charge is 2.33. The van der Waals surface area contributed by atoms with Crippen molar-refractivity contribution < 1.29 is 59.8 Å². The summed E-state index contributed by atoms with van der Waals surface area (Å²) in [5, 5.41) is 48.3. The Kier molecular flexibility index (Phi) is 19.8. The van der Waals surface area contributed by atoms with E-state index in [1.165, 1.54) is 57.4 Å². The van der Waals surface area contributed by atoms with Crippen LogP contribution < -0.4 is 22.5 Å². The van der Waals surface area contributed by atoms with Crippen LogP contribution in [0.5, 0.6) is 0 Å². The van der Waals surface area contributed by atoms with E-state index < -0.39 is 56.2 Å². The van der Waals surface area contributed by atoms with E-state index in [4.69, 9.17) is 35.9 Å². The molecule has 0 aliphatic rings. The minimum Gasteiger partial charge on any atom is -0.478 e. The Morgan fingerprint density at radius 2 is 1.04 bits per heavy atom. The van der Waals surface area contributed by atoms with Crippen LogP contribution in [0.25, 0.3) is 21.9 Å². The van der Waals surface area contributed by atoms with Crippen molar-refractivity contribution in [3.8, 4) is 0 Å². The fourth-order valence-electron chi connectivity index (χ4n) is 7.97. The summed E-state index contributed by atoms with van der Waals surface area (Å²) in [6, 6.07) is 26.2. The zero-order valence-electron chi connectivity index (χ0n) is 43.3. The zero-order chi connectivity index (χ0) is 56.2. The smallest absolute Gasteiger partial charge is 0.340 e. The second kappa shape index (κ2) is 26.0. The van der Waals surface area contributed by atoms with Crippen molar-refractivity contribution in [1.82, 2.24) is 34.6 Å². The van der Waals surface area contributed by atoms with Crippen LogP contribution in [0.1, 0.15) is 71.1 Å². The van der Waals surface area contributed by atoms with Crippen molar-refractivity contribution in [2.45, 2.75) is 88.5 Å². The summed E-state index contributed by atoms with van der Waals surface area (Å²) in [5.74, 6) is -0.580. The number of nitrogens with zero attached hydrogens (tertiary/aromatic N) is 6. The van der Waals surface area contributed by atoms with E-state index in [-0.39, 0.29) is 77.0 Å². The van der Waals surface area contributed by atoms with E-state index in [1.807, 2.05) is 88.4 Å². The number of aliphatic hydroxyl groups excluding tert-OH is 2. The monoisotopic (exact) mass is 1100 g/mol. The normalized spacial score (nSPS) is 13.5. The van der Waals surface area contributed by atoms with Gasteiger partial charge in [0.25, 0.3) is 5.91 Å². The van der Waals surface area contributed by atoms with E-state index in [2.05, 4.69) is 30.5 Å². The molecule has 0 bridgehead atoms. The molecule has 4 aromatic carbocycles. The third kappa shape index (κ3) is 15.3. The Morgan fingerprint density at radius 3 is 1.44 bits per heavy atom. The van der Waals surface area contributed by atoms with Crippen LogP contribution in [0.2, 0.25) is 0 Å². The minimum absolute atomic E-state index is 0.00325. The highest BCUT2D eigenvalue weighted by molar-refractivity contribution is 7.89. The maximum Gasteiger partial charge on any atom is 0.340 e. The number of carboxylic acids is 1. The van der Waals surface area contributed by atoms with E-state index >= 15 is 0 Å². The molecule has 1 amide bonds. The summed E-state index contributed by atoms with van der Waals surface area (Å²) in [7, 11) is -7.94. The van der Waals surface area contributed by atoms with Crippen LogP contribution in [0, 0.1) is 25.7 Å². The molecule has 0 unspecified atom stereocenters. The summed E-state index contributed by atoms with van der Waals surface area (Å²) in [5.41, 5.74) is 20.8. The van der Waals surface area contributed by atoms with Crippen molar-refractivity contribution >= 4 is 65.5 Å². The summed E-state index contributed by atoms with van der Waals surface area (Å²) in [6.07, 6.45) is 0.939. The first-order chi connectivity index (χ1) is 36.5. The molecule has 0 saturated heterocycles. The molecular formula is C52H64N10O13S2. The molecule has 8 aromatic rings. The number of nitrogens with one attached hydrogen (secondary N) is 1. The van der Waals surface area contributed by atoms with E-state index in [0.717, 1.165) is 11.1 Å². The molecule has 77 heavy (non-hydrogen) atoms. The van der Waals surface area contributed by atoms with Crippen LogP contribution >= 0.6 is 0 Å². The molecule has 0 radical (unpaired) electrons. The number of fused-ring (bicyclic) bond motifs is 2. The standard InChI is InChI=1S/C26H31N5O6S.C21H28N4O4S.C5H5NO3/c1-16(2)14-31(38(34,35)19-9-10-24-20(12-19)25(27)30-37-24)15-23(32)22(11-18-7-5-4-6-8-18)29-26(33)21-13-28-36-17(21)3;1-14(2)12-25(13-19(26)18(22)10-15-6-4-3-5-7-15)30(27,28)16-8-9-20-17(11-16)21(23)24-29-20;1-3-4(5(7)8)2-6-9-3/h4-10,12-13,16,22-23,32H,11,14-15H2,1-3H3,(H2,27,30)(H,29,33);3-9,11,14,18-19,26H,10,12-13,22H2,1-2H3,(H2,23,24);2H,1H3,(H,7,8)/t22-,23+;18-,19+;/m00./s1. The fraction of sp³-hybridized carbons (Fsp3) is 0.346. The van der Waals surface area contributed by atoms with Gasteiger partial charge in [0.2, 0.25) is 20.0 Å². The molecule has 4 atom stereocenters. The van der Waals surface area contributed by atoms with Gasteiger partial charge in [0.05, 0.1) is 51.2 Å². The van der Waals surface area contributed by atoms with Crippen molar-refractivity contribution in [1.29, 1.82) is 0 Å². The Labute approximate surface area is 445 Å². The fourth-order valence-corrected chi connectivity index (χ4v) is 11.3. The number of aliphatic hydroxyl groups is 2. The first-order valence-electron chi connectivity index (χ1n) is 24.3. The molecule has 0 fully saturated rings. The van der Waals surface area contributed by atoms with Crippen LogP contribution in [0.4, 0.5) is 11.6 Å². The predicted molar refractivity (Wildman–Crippen MR) is 285 cm³/mol. The predicted octanol–water partition coefficient (Wildman–Crippen LogP) is 5.42. The number of sulfonamides is 2. The van der Waals surface area contributed by atoms with E-state index in [1.54, 1.807) is 13.8 Å². The van der Waals surface area contributed by atoms with E-state index in [0.29, 0.717) is 39.9 Å². The van der Waals surface area contributed by atoms with Gasteiger partial charge in [-0.15, -0.1) is 0 Å². The molecule has 0 saturated carbocycles. The number of amides is 1. The summed E-state index contributed by atoms with van der Waals surface area (Å²) >= 11 is 0. The lowest BCUT2D eigenvalue weighted by atomic mass is 10.0. The number of aromatic nitrogens is 4. The van der Waals surface area contributed by atoms with Crippen molar-refractivity contribution in [3.63, 3.8) is 0 Å². The third-order valence-corrected chi connectivity index (χ3v) is 15.7.